The lowest BCUT2D eigenvalue weighted by molar-refractivity contribution is 0.128. The fourth-order valence-electron chi connectivity index (χ4n) is 1.63. The van der Waals surface area contributed by atoms with E-state index in [1.165, 1.54) is 5.56 Å². The van der Waals surface area contributed by atoms with Crippen LogP contribution in [-0.4, -0.2) is 36.0 Å². The SMILES string of the molecule is CCCn1ccc(CNC(CO)COC)c1. The number of methoxy groups -OCH3 is 1. The molecule has 0 saturated heterocycles. The predicted molar refractivity (Wildman–Crippen MR) is 64.3 cm³/mol. The van der Waals surface area contributed by atoms with E-state index in [9.17, 15) is 0 Å². The van der Waals surface area contributed by atoms with Gasteiger partial charge in [-0.05, 0) is 18.1 Å². The van der Waals surface area contributed by atoms with Crippen LogP contribution in [0.2, 0.25) is 0 Å². The number of hydrogen-bond acceptors (Lipinski definition) is 3. The Kier molecular flexibility index (Phi) is 6.15. The normalized spacial score (nSPS) is 12.9. The van der Waals surface area contributed by atoms with Gasteiger partial charge in [-0.25, -0.2) is 0 Å². The molecule has 0 aliphatic carbocycles. The number of aryl methyl sites for hydroxylation is 1. The molecule has 92 valence electrons. The lowest BCUT2D eigenvalue weighted by Gasteiger charge is -2.14. The largest absolute Gasteiger partial charge is 0.395 e. The molecule has 0 spiro atoms. The van der Waals surface area contributed by atoms with Crippen molar-refractivity contribution in [1.82, 2.24) is 9.88 Å². The van der Waals surface area contributed by atoms with E-state index in [1.54, 1.807) is 7.11 Å². The van der Waals surface area contributed by atoms with Crippen LogP contribution >= 0.6 is 0 Å². The topological polar surface area (TPSA) is 46.4 Å². The number of rotatable bonds is 8. The van der Waals surface area contributed by atoms with Crippen molar-refractivity contribution in [3.05, 3.63) is 24.0 Å². The molecule has 0 amide bonds. The van der Waals surface area contributed by atoms with E-state index in [1.807, 2.05) is 0 Å². The highest BCUT2D eigenvalue weighted by atomic mass is 16.5. The Labute approximate surface area is 97.2 Å². The minimum atomic E-state index is 0.0134. The lowest BCUT2D eigenvalue weighted by atomic mass is 10.3. The third-order valence-electron chi connectivity index (χ3n) is 2.48. The van der Waals surface area contributed by atoms with Gasteiger partial charge in [-0.3, -0.25) is 0 Å². The van der Waals surface area contributed by atoms with Crippen molar-refractivity contribution in [2.45, 2.75) is 32.5 Å². The highest BCUT2D eigenvalue weighted by Gasteiger charge is 2.06. The zero-order valence-corrected chi connectivity index (χ0v) is 10.1. The van der Waals surface area contributed by atoms with Gasteiger partial charge in [-0.1, -0.05) is 6.92 Å². The molecule has 4 nitrogen and oxygen atoms in total. The second kappa shape index (κ2) is 7.44. The van der Waals surface area contributed by atoms with Crippen molar-refractivity contribution in [3.8, 4) is 0 Å². The maximum Gasteiger partial charge on any atom is 0.0638 e. The number of nitrogens with one attached hydrogen (secondary N) is 1. The predicted octanol–water partition coefficient (Wildman–Crippen LogP) is 0.995. The van der Waals surface area contributed by atoms with E-state index in [0.29, 0.717) is 6.61 Å². The van der Waals surface area contributed by atoms with Crippen LogP contribution in [0.15, 0.2) is 18.5 Å². The summed E-state index contributed by atoms with van der Waals surface area (Å²) in [6.07, 6.45) is 5.37. The summed E-state index contributed by atoms with van der Waals surface area (Å²) in [5, 5.41) is 12.3. The highest BCUT2D eigenvalue weighted by molar-refractivity contribution is 5.10. The number of hydrogen-bond donors (Lipinski definition) is 2. The van der Waals surface area contributed by atoms with E-state index in [-0.39, 0.29) is 12.6 Å². The van der Waals surface area contributed by atoms with Crippen LogP contribution in [0.3, 0.4) is 0 Å². The van der Waals surface area contributed by atoms with Crippen LogP contribution in [0.5, 0.6) is 0 Å². The van der Waals surface area contributed by atoms with E-state index in [4.69, 9.17) is 9.84 Å². The first-order valence-corrected chi connectivity index (χ1v) is 5.78. The van der Waals surface area contributed by atoms with Gasteiger partial charge in [0.2, 0.25) is 0 Å². The summed E-state index contributed by atoms with van der Waals surface area (Å²) in [5.41, 5.74) is 1.24. The monoisotopic (exact) mass is 226 g/mol. The second-order valence-electron chi connectivity index (χ2n) is 3.97. The van der Waals surface area contributed by atoms with Crippen LogP contribution < -0.4 is 5.32 Å². The van der Waals surface area contributed by atoms with Crippen LogP contribution in [0.1, 0.15) is 18.9 Å². The first-order chi connectivity index (χ1) is 7.80. The molecule has 0 fully saturated rings. The Morgan fingerprint density at radius 2 is 2.38 bits per heavy atom. The van der Waals surface area contributed by atoms with Gasteiger partial charge in [-0.2, -0.15) is 0 Å². The molecule has 16 heavy (non-hydrogen) atoms. The molecule has 1 heterocycles. The number of aliphatic hydroxyl groups excluding tert-OH is 1. The third kappa shape index (κ3) is 4.35. The fourth-order valence-corrected chi connectivity index (χ4v) is 1.63. The highest BCUT2D eigenvalue weighted by Crippen LogP contribution is 2.02. The second-order valence-corrected chi connectivity index (χ2v) is 3.97. The molecule has 1 atom stereocenters. The number of aliphatic hydroxyl groups is 1. The molecule has 0 saturated carbocycles. The molecule has 1 aromatic heterocycles. The molecule has 0 bridgehead atoms. The molecular weight excluding hydrogens is 204 g/mol. The molecule has 1 rings (SSSR count). The maximum absolute atomic E-state index is 9.08. The smallest absolute Gasteiger partial charge is 0.0638 e. The van der Waals surface area contributed by atoms with E-state index in [2.05, 4.69) is 35.3 Å². The Bertz CT molecular complexity index is 286. The quantitative estimate of drug-likeness (QED) is 0.695. The summed E-state index contributed by atoms with van der Waals surface area (Å²) in [7, 11) is 1.64. The van der Waals surface area contributed by atoms with Gasteiger partial charge in [0.1, 0.15) is 0 Å². The maximum atomic E-state index is 9.08. The van der Waals surface area contributed by atoms with Gasteiger partial charge in [-0.15, -0.1) is 0 Å². The summed E-state index contributed by atoms with van der Waals surface area (Å²) in [5.74, 6) is 0. The van der Waals surface area contributed by atoms with Crippen LogP contribution in [0, 0.1) is 0 Å². The summed E-state index contributed by atoms with van der Waals surface area (Å²) in [4.78, 5) is 0. The summed E-state index contributed by atoms with van der Waals surface area (Å²) in [6.45, 7) is 4.63. The van der Waals surface area contributed by atoms with Crippen molar-refractivity contribution in [2.24, 2.45) is 0 Å². The average Bonchev–Trinajstić information content (AvgIpc) is 2.72. The molecular formula is C12H22N2O2. The van der Waals surface area contributed by atoms with E-state index >= 15 is 0 Å². The zero-order valence-electron chi connectivity index (χ0n) is 10.1. The molecule has 1 aromatic rings. The molecule has 2 N–H and O–H groups in total. The lowest BCUT2D eigenvalue weighted by Crippen LogP contribution is -2.35. The van der Waals surface area contributed by atoms with Crippen LogP contribution in [0.4, 0.5) is 0 Å². The minimum Gasteiger partial charge on any atom is -0.395 e. The average molecular weight is 226 g/mol. The Morgan fingerprint density at radius 1 is 1.56 bits per heavy atom. The standard InChI is InChI=1S/C12H22N2O2/c1-3-5-14-6-4-11(8-14)7-13-12(9-15)10-16-2/h4,6,8,12-13,15H,3,5,7,9-10H2,1-2H3. The summed E-state index contributed by atoms with van der Waals surface area (Å²) in [6, 6.07) is 2.11. The molecule has 0 aromatic carbocycles. The number of aromatic nitrogens is 1. The van der Waals surface area contributed by atoms with Crippen molar-refractivity contribution >= 4 is 0 Å². The van der Waals surface area contributed by atoms with Crippen molar-refractivity contribution in [1.29, 1.82) is 0 Å². The molecule has 0 aliphatic heterocycles. The first-order valence-electron chi connectivity index (χ1n) is 5.78. The van der Waals surface area contributed by atoms with Gasteiger partial charge >= 0.3 is 0 Å². The van der Waals surface area contributed by atoms with E-state index in [0.717, 1.165) is 19.5 Å². The van der Waals surface area contributed by atoms with Crippen LogP contribution in [-0.2, 0) is 17.8 Å². The zero-order chi connectivity index (χ0) is 11.8. The fraction of sp³-hybridized carbons (Fsp3) is 0.667. The van der Waals surface area contributed by atoms with Gasteiger partial charge in [0.05, 0.1) is 19.3 Å². The molecule has 1 unspecified atom stereocenters. The van der Waals surface area contributed by atoms with Crippen molar-refractivity contribution in [2.75, 3.05) is 20.3 Å². The van der Waals surface area contributed by atoms with Crippen LogP contribution in [0.25, 0.3) is 0 Å². The van der Waals surface area contributed by atoms with Crippen molar-refractivity contribution in [3.63, 3.8) is 0 Å². The Morgan fingerprint density at radius 3 is 3.00 bits per heavy atom. The third-order valence-corrected chi connectivity index (χ3v) is 2.48. The minimum absolute atomic E-state index is 0.0134. The molecule has 0 radical (unpaired) electrons. The van der Waals surface area contributed by atoms with E-state index < -0.39 is 0 Å². The van der Waals surface area contributed by atoms with Gasteiger partial charge in [0.15, 0.2) is 0 Å². The molecule has 0 aliphatic rings. The van der Waals surface area contributed by atoms with Crippen molar-refractivity contribution < 1.29 is 9.84 Å². The van der Waals surface area contributed by atoms with Gasteiger partial charge < -0.3 is 19.7 Å². The Balaban J connectivity index is 2.34. The first kappa shape index (κ1) is 13.2. The Hall–Kier alpha value is -0.840. The number of nitrogens with zero attached hydrogens (tertiary/aromatic N) is 1. The number of ether oxygens (including phenoxy) is 1. The van der Waals surface area contributed by atoms with Gasteiger partial charge in [0, 0.05) is 32.6 Å². The summed E-state index contributed by atoms with van der Waals surface area (Å²) < 4.78 is 7.18. The van der Waals surface area contributed by atoms with Gasteiger partial charge in [0.25, 0.3) is 0 Å². The molecule has 4 heteroatoms. The summed E-state index contributed by atoms with van der Waals surface area (Å²) >= 11 is 0.